The van der Waals surface area contributed by atoms with Gasteiger partial charge in [-0.15, -0.1) is 0 Å². The zero-order chi connectivity index (χ0) is 42.5. The maximum atomic E-state index is 14.1. The maximum Gasteiger partial charge on any atom is 0.276 e. The van der Waals surface area contributed by atoms with E-state index in [0.717, 1.165) is 82.5 Å². The molecular weight excluding hydrogens is 787 g/mol. The van der Waals surface area contributed by atoms with Crippen LogP contribution >= 0.6 is 0 Å². The Morgan fingerprint density at radius 3 is 1.75 bits per heavy atom. The minimum atomic E-state index is -0.465. The van der Waals surface area contributed by atoms with Gasteiger partial charge in [0, 0.05) is 81.8 Å². The van der Waals surface area contributed by atoms with Gasteiger partial charge in [0.15, 0.2) is 17.3 Å². The first-order chi connectivity index (χ1) is 29.7. The average Bonchev–Trinajstić information content (AvgIpc) is 4.09. The van der Waals surface area contributed by atoms with Gasteiger partial charge in [0.1, 0.15) is 34.9 Å². The lowest BCUT2D eigenvalue weighted by atomic mass is 9.97. The molecule has 0 amide bonds. The molecule has 4 atom stereocenters. The molecule has 8 heterocycles. The van der Waals surface area contributed by atoms with Crippen molar-refractivity contribution in [3.63, 3.8) is 0 Å². The van der Waals surface area contributed by atoms with Crippen LogP contribution < -0.4 is 16.4 Å². The predicted octanol–water partition coefficient (Wildman–Crippen LogP) is 4.96. The number of aldehydes is 1. The van der Waals surface area contributed by atoms with Gasteiger partial charge in [-0.25, -0.2) is 27.8 Å². The summed E-state index contributed by atoms with van der Waals surface area (Å²) in [5.74, 6) is 4.21. The number of H-pyrrole nitrogens is 2. The molecule has 4 aliphatic rings. The number of hydrogen-bond donors (Lipinski definition) is 3. The lowest BCUT2D eigenvalue weighted by Crippen LogP contribution is -2.24. The monoisotopic (exact) mass is 838 g/mol. The van der Waals surface area contributed by atoms with Crippen molar-refractivity contribution in [1.82, 2.24) is 49.4 Å². The molecule has 3 N–H and O–H groups in total. The molecule has 0 radical (unpaired) electrons. The third-order valence-corrected chi connectivity index (χ3v) is 12.4. The minimum Gasteiger partial charge on any atom is -0.381 e. The molecule has 322 valence electrons. The smallest absolute Gasteiger partial charge is 0.276 e. The molecule has 0 saturated carbocycles. The minimum absolute atomic E-state index is 0.0822. The van der Waals surface area contributed by atoms with Crippen molar-refractivity contribution in [2.24, 2.45) is 11.8 Å². The van der Waals surface area contributed by atoms with Gasteiger partial charge in [-0.3, -0.25) is 19.3 Å². The van der Waals surface area contributed by atoms with Crippen molar-refractivity contribution in [3.05, 3.63) is 128 Å². The largest absolute Gasteiger partial charge is 0.381 e. The molecule has 17 heteroatoms. The van der Waals surface area contributed by atoms with Gasteiger partial charge in [-0.05, 0) is 62.3 Å². The highest BCUT2D eigenvalue weighted by atomic mass is 19.1. The molecule has 0 bridgehead atoms. The van der Waals surface area contributed by atoms with E-state index in [1.54, 1.807) is 39.6 Å². The zero-order valence-electron chi connectivity index (χ0n) is 34.4. The summed E-state index contributed by atoms with van der Waals surface area (Å²) in [6, 6.07) is 12.7. The first-order valence-electron chi connectivity index (χ1n) is 21.2. The molecule has 61 heavy (non-hydrogen) atoms. The van der Waals surface area contributed by atoms with E-state index >= 15 is 0 Å². The van der Waals surface area contributed by atoms with Crippen LogP contribution in [-0.2, 0) is 16.0 Å². The fourth-order valence-electron chi connectivity index (χ4n) is 8.83. The topological polar surface area (TPSA) is 177 Å². The molecule has 4 aliphatic heterocycles. The Morgan fingerprint density at radius 2 is 1.25 bits per heavy atom. The Bertz CT molecular complexity index is 2560. The van der Waals surface area contributed by atoms with Crippen molar-refractivity contribution >= 4 is 17.3 Å². The molecule has 15 nitrogen and oxygen atoms in total. The van der Waals surface area contributed by atoms with Crippen molar-refractivity contribution in [1.29, 1.82) is 0 Å². The van der Waals surface area contributed by atoms with Gasteiger partial charge < -0.3 is 24.8 Å². The summed E-state index contributed by atoms with van der Waals surface area (Å²) >= 11 is 0. The number of fused-ring (bicyclic) bond motifs is 2. The van der Waals surface area contributed by atoms with E-state index in [0.29, 0.717) is 66.2 Å². The average molecular weight is 839 g/mol. The summed E-state index contributed by atoms with van der Waals surface area (Å²) in [6.07, 6.45) is 7.39. The highest BCUT2D eigenvalue weighted by molar-refractivity contribution is 5.74. The normalized spacial score (nSPS) is 22.5. The Kier molecular flexibility index (Phi) is 13.2. The Morgan fingerprint density at radius 1 is 0.705 bits per heavy atom. The molecule has 0 aliphatic carbocycles. The van der Waals surface area contributed by atoms with Crippen LogP contribution in [0, 0.1) is 23.5 Å². The van der Waals surface area contributed by atoms with Crippen LogP contribution in [0.25, 0.3) is 11.0 Å². The van der Waals surface area contributed by atoms with Crippen LogP contribution in [0.2, 0.25) is 0 Å². The number of aromatic nitrogens is 8. The van der Waals surface area contributed by atoms with E-state index in [1.807, 2.05) is 12.1 Å². The summed E-state index contributed by atoms with van der Waals surface area (Å²) < 4.78 is 40.8. The Hall–Kier alpha value is -5.49. The number of carbonyl (C=O) groups is 1. The van der Waals surface area contributed by atoms with Crippen LogP contribution in [0.1, 0.15) is 102 Å². The van der Waals surface area contributed by atoms with E-state index in [9.17, 15) is 23.2 Å². The summed E-state index contributed by atoms with van der Waals surface area (Å²) in [7, 11) is 0. The SMILES string of the molecule is CC1CN(Cc2ccccc2F)CC1c1nn2c(C3CCOCC3)ncc2c(=O)[nH]1.CC1CNCC1c1nn2c(C3CCOCC3)ncc2c(=O)[nH]1.O=Cc1ccccc1F. The van der Waals surface area contributed by atoms with Crippen LogP contribution in [0.4, 0.5) is 8.78 Å². The van der Waals surface area contributed by atoms with Crippen LogP contribution in [0.3, 0.4) is 0 Å². The second-order valence-corrected chi connectivity index (χ2v) is 16.5. The Labute approximate surface area is 350 Å². The van der Waals surface area contributed by atoms with Crippen molar-refractivity contribution < 1.29 is 23.0 Å². The lowest BCUT2D eigenvalue weighted by molar-refractivity contribution is 0.0831. The van der Waals surface area contributed by atoms with E-state index in [4.69, 9.17) is 19.7 Å². The number of aromatic amines is 2. The van der Waals surface area contributed by atoms with Crippen molar-refractivity contribution in [2.45, 2.75) is 69.7 Å². The van der Waals surface area contributed by atoms with Crippen molar-refractivity contribution in [3.8, 4) is 0 Å². The number of nitrogens with zero attached hydrogens (tertiary/aromatic N) is 7. The highest BCUT2D eigenvalue weighted by Crippen LogP contribution is 2.32. The zero-order valence-corrected chi connectivity index (χ0v) is 34.4. The summed E-state index contributed by atoms with van der Waals surface area (Å²) in [6.45, 7) is 11.2. The molecule has 2 aromatic carbocycles. The maximum absolute atomic E-state index is 14.1. The van der Waals surface area contributed by atoms with E-state index in [1.165, 1.54) is 18.2 Å². The first kappa shape index (κ1) is 42.2. The highest BCUT2D eigenvalue weighted by Gasteiger charge is 2.34. The molecule has 4 fully saturated rings. The van der Waals surface area contributed by atoms with Crippen LogP contribution in [-0.4, -0.2) is 103 Å². The second-order valence-electron chi connectivity index (χ2n) is 16.5. The number of ether oxygens (including phenoxy) is 2. The molecule has 4 aromatic heterocycles. The van der Waals surface area contributed by atoms with Crippen LogP contribution in [0.5, 0.6) is 0 Å². The van der Waals surface area contributed by atoms with Gasteiger partial charge in [0.05, 0.1) is 18.0 Å². The Balaban J connectivity index is 0.000000144. The molecule has 6 aromatic rings. The van der Waals surface area contributed by atoms with Gasteiger partial charge in [0.2, 0.25) is 0 Å². The number of carbonyl (C=O) groups excluding carboxylic acids is 1. The number of likely N-dealkylation sites (tertiary alicyclic amines) is 1. The van der Waals surface area contributed by atoms with Crippen molar-refractivity contribution in [2.75, 3.05) is 52.6 Å². The summed E-state index contributed by atoms with van der Waals surface area (Å²) in [4.78, 5) is 52.2. The number of imidazole rings is 2. The van der Waals surface area contributed by atoms with E-state index in [2.05, 4.69) is 44.0 Å². The molecule has 10 rings (SSSR count). The lowest BCUT2D eigenvalue weighted by Gasteiger charge is -2.21. The number of benzene rings is 2. The van der Waals surface area contributed by atoms with Gasteiger partial charge in [-0.1, -0.05) is 44.2 Å². The number of rotatable bonds is 7. The molecule has 4 unspecified atom stereocenters. The fourth-order valence-corrected chi connectivity index (χ4v) is 8.83. The van der Waals surface area contributed by atoms with Gasteiger partial charge in [0.25, 0.3) is 11.1 Å². The standard InChI is InChI=1S/C22H26FN5O2.C15H21N5O2.C7H5FO/c1-14-11-27(12-16-4-2-3-5-18(16)23)13-17(14)20-25-22(29)19-10-24-21(28(19)26-20)15-6-8-30-9-7-15;1-9-6-16-7-11(9)13-18-15(21)12-8-17-14(20(12)19-13)10-2-4-22-5-3-10;8-7-4-2-1-3-6(7)5-9/h2-5,10,14-15,17H,6-9,11-13H2,1H3,(H,25,26,29);8-11,16H,2-7H2,1H3,(H,18,19,21);1-5H. The summed E-state index contributed by atoms with van der Waals surface area (Å²) in [5.41, 5.74) is 1.55. The summed E-state index contributed by atoms with van der Waals surface area (Å²) in [5, 5.41) is 12.9. The van der Waals surface area contributed by atoms with Crippen LogP contribution in [0.15, 0.2) is 70.5 Å². The number of hydrogen-bond acceptors (Lipinski definition) is 11. The number of nitrogens with one attached hydrogen (secondary N) is 3. The molecular formula is C44H52F2N10O5. The fraction of sp³-hybridized carbons (Fsp3) is 0.477. The van der Waals surface area contributed by atoms with E-state index in [-0.39, 0.29) is 40.3 Å². The predicted molar refractivity (Wildman–Crippen MR) is 223 cm³/mol. The molecule has 0 spiro atoms. The quantitative estimate of drug-likeness (QED) is 0.185. The van der Waals surface area contributed by atoms with Gasteiger partial charge >= 0.3 is 0 Å². The third kappa shape index (κ3) is 9.39. The second kappa shape index (κ2) is 19.1. The van der Waals surface area contributed by atoms with Gasteiger partial charge in [-0.2, -0.15) is 10.2 Å². The molecule has 4 saturated heterocycles. The van der Waals surface area contributed by atoms with E-state index < -0.39 is 5.82 Å². The first-order valence-corrected chi connectivity index (χ1v) is 21.2. The third-order valence-electron chi connectivity index (χ3n) is 12.4. The number of halogens is 2.